The van der Waals surface area contributed by atoms with Gasteiger partial charge in [0, 0.05) is 7.11 Å². The smallest absolute Gasteiger partial charge is 0.326 e. The van der Waals surface area contributed by atoms with Crippen LogP contribution in [0, 0.1) is 0 Å². The van der Waals surface area contributed by atoms with E-state index in [9.17, 15) is 4.79 Å². The lowest BCUT2D eigenvalue weighted by molar-refractivity contribution is -0.169. The first-order valence-electron chi connectivity index (χ1n) is 4.57. The van der Waals surface area contributed by atoms with Gasteiger partial charge in [-0.25, -0.2) is 0 Å². The number of esters is 1. The number of carbonyl (C=O) groups is 1. The van der Waals surface area contributed by atoms with Gasteiger partial charge in [0.1, 0.15) is 4.83 Å². The Bertz CT molecular complexity index is 313. The SMILES string of the molecule is COC(C)OC(=O)C(Br)c1ccccc1. The van der Waals surface area contributed by atoms with E-state index < -0.39 is 11.1 Å². The number of alkyl halides is 1. The van der Waals surface area contributed by atoms with Crippen molar-refractivity contribution in [3.05, 3.63) is 35.9 Å². The molecule has 15 heavy (non-hydrogen) atoms. The Hall–Kier alpha value is -0.870. The van der Waals surface area contributed by atoms with Gasteiger partial charge in [-0.15, -0.1) is 0 Å². The maximum absolute atomic E-state index is 11.6. The molecule has 0 spiro atoms. The van der Waals surface area contributed by atoms with Crippen molar-refractivity contribution in [2.75, 3.05) is 7.11 Å². The monoisotopic (exact) mass is 272 g/mol. The van der Waals surface area contributed by atoms with Crippen molar-refractivity contribution in [2.24, 2.45) is 0 Å². The summed E-state index contributed by atoms with van der Waals surface area (Å²) < 4.78 is 9.85. The van der Waals surface area contributed by atoms with E-state index in [2.05, 4.69) is 15.9 Å². The van der Waals surface area contributed by atoms with Crippen molar-refractivity contribution in [1.29, 1.82) is 0 Å². The molecule has 0 saturated heterocycles. The number of rotatable bonds is 4. The van der Waals surface area contributed by atoms with Gasteiger partial charge in [-0.05, 0) is 12.5 Å². The van der Waals surface area contributed by atoms with Crippen LogP contribution in [0.3, 0.4) is 0 Å². The highest BCUT2D eigenvalue weighted by Crippen LogP contribution is 2.24. The second-order valence-electron chi connectivity index (χ2n) is 3.01. The molecule has 1 aromatic rings. The van der Waals surface area contributed by atoms with Gasteiger partial charge in [0.2, 0.25) is 0 Å². The molecule has 0 saturated carbocycles. The lowest BCUT2D eigenvalue weighted by Crippen LogP contribution is -2.19. The highest BCUT2D eigenvalue weighted by Gasteiger charge is 2.20. The van der Waals surface area contributed by atoms with Crippen LogP contribution in [0.5, 0.6) is 0 Å². The second kappa shape index (κ2) is 5.88. The van der Waals surface area contributed by atoms with E-state index in [0.29, 0.717) is 0 Å². The maximum Gasteiger partial charge on any atom is 0.326 e. The third-order valence-electron chi connectivity index (χ3n) is 1.91. The van der Waals surface area contributed by atoms with E-state index in [-0.39, 0.29) is 5.97 Å². The van der Waals surface area contributed by atoms with Crippen molar-refractivity contribution in [3.63, 3.8) is 0 Å². The summed E-state index contributed by atoms with van der Waals surface area (Å²) in [5.41, 5.74) is 0.866. The average Bonchev–Trinajstić information content (AvgIpc) is 2.29. The zero-order valence-electron chi connectivity index (χ0n) is 8.64. The summed E-state index contributed by atoms with van der Waals surface area (Å²) in [6.45, 7) is 1.67. The second-order valence-corrected chi connectivity index (χ2v) is 3.93. The number of hydrogen-bond donors (Lipinski definition) is 0. The fourth-order valence-electron chi connectivity index (χ4n) is 1.03. The summed E-state index contributed by atoms with van der Waals surface area (Å²) in [7, 11) is 1.49. The molecule has 0 aliphatic heterocycles. The van der Waals surface area contributed by atoms with Crippen molar-refractivity contribution >= 4 is 21.9 Å². The Morgan fingerprint density at radius 1 is 1.33 bits per heavy atom. The van der Waals surface area contributed by atoms with Gasteiger partial charge in [0.25, 0.3) is 0 Å². The lowest BCUT2D eigenvalue weighted by Gasteiger charge is -2.14. The number of halogens is 1. The first-order valence-corrected chi connectivity index (χ1v) is 5.49. The number of carbonyl (C=O) groups excluding carboxylic acids is 1. The fourth-order valence-corrected chi connectivity index (χ4v) is 1.44. The molecule has 0 aliphatic carbocycles. The number of methoxy groups -OCH3 is 1. The first kappa shape index (κ1) is 12.2. The molecule has 0 aliphatic rings. The van der Waals surface area contributed by atoms with Crippen LogP contribution in [-0.4, -0.2) is 19.4 Å². The van der Waals surface area contributed by atoms with Crippen LogP contribution in [0.4, 0.5) is 0 Å². The Morgan fingerprint density at radius 2 is 1.93 bits per heavy atom. The molecule has 0 radical (unpaired) electrons. The third-order valence-corrected chi connectivity index (χ3v) is 2.82. The molecule has 0 heterocycles. The third kappa shape index (κ3) is 3.64. The zero-order valence-corrected chi connectivity index (χ0v) is 10.2. The molecule has 2 atom stereocenters. The number of ether oxygens (including phenoxy) is 2. The fraction of sp³-hybridized carbons (Fsp3) is 0.364. The summed E-state index contributed by atoms with van der Waals surface area (Å²) in [5.74, 6) is -0.351. The quantitative estimate of drug-likeness (QED) is 0.480. The Kier molecular flexibility index (Phi) is 4.78. The maximum atomic E-state index is 11.6. The molecule has 0 aromatic heterocycles. The number of benzene rings is 1. The van der Waals surface area contributed by atoms with Crippen LogP contribution in [0.1, 0.15) is 17.3 Å². The summed E-state index contributed by atoms with van der Waals surface area (Å²) >= 11 is 3.28. The molecule has 1 rings (SSSR count). The molecular weight excluding hydrogens is 260 g/mol. The van der Waals surface area contributed by atoms with Crippen LogP contribution >= 0.6 is 15.9 Å². The van der Waals surface area contributed by atoms with Gasteiger partial charge in [-0.3, -0.25) is 4.79 Å². The predicted molar refractivity (Wildman–Crippen MR) is 60.7 cm³/mol. The van der Waals surface area contributed by atoms with Crippen molar-refractivity contribution in [2.45, 2.75) is 18.0 Å². The summed E-state index contributed by atoms with van der Waals surface area (Å²) in [5, 5.41) is 0. The van der Waals surface area contributed by atoms with E-state index >= 15 is 0 Å². The summed E-state index contributed by atoms with van der Waals surface area (Å²) in [6, 6.07) is 9.36. The molecule has 3 nitrogen and oxygen atoms in total. The summed E-state index contributed by atoms with van der Waals surface area (Å²) in [4.78, 5) is 11.1. The van der Waals surface area contributed by atoms with Crippen LogP contribution in [0.25, 0.3) is 0 Å². The minimum absolute atomic E-state index is 0.351. The van der Waals surface area contributed by atoms with Crippen molar-refractivity contribution in [1.82, 2.24) is 0 Å². The van der Waals surface area contributed by atoms with Gasteiger partial charge < -0.3 is 9.47 Å². The van der Waals surface area contributed by atoms with Crippen LogP contribution in [-0.2, 0) is 14.3 Å². The van der Waals surface area contributed by atoms with Crippen LogP contribution < -0.4 is 0 Å². The van der Waals surface area contributed by atoms with Gasteiger partial charge >= 0.3 is 5.97 Å². The Labute approximate surface area is 97.5 Å². The van der Waals surface area contributed by atoms with Gasteiger partial charge in [0.05, 0.1) is 0 Å². The van der Waals surface area contributed by atoms with E-state index in [0.717, 1.165) is 5.56 Å². The van der Waals surface area contributed by atoms with Gasteiger partial charge in [0.15, 0.2) is 6.29 Å². The van der Waals surface area contributed by atoms with Crippen molar-refractivity contribution in [3.8, 4) is 0 Å². The topological polar surface area (TPSA) is 35.5 Å². The molecule has 2 unspecified atom stereocenters. The largest absolute Gasteiger partial charge is 0.435 e. The van der Waals surface area contributed by atoms with Gasteiger partial charge in [-0.1, -0.05) is 46.3 Å². The normalized spacial score (nSPS) is 14.3. The molecule has 0 amide bonds. The molecule has 4 heteroatoms. The lowest BCUT2D eigenvalue weighted by atomic mass is 10.1. The molecular formula is C11H13BrO3. The van der Waals surface area contributed by atoms with Crippen LogP contribution in [0.15, 0.2) is 30.3 Å². The standard InChI is InChI=1S/C11H13BrO3/c1-8(14-2)15-11(13)10(12)9-6-4-3-5-7-9/h3-8,10H,1-2H3. The molecule has 82 valence electrons. The highest BCUT2D eigenvalue weighted by molar-refractivity contribution is 9.09. The van der Waals surface area contributed by atoms with E-state index in [1.54, 1.807) is 6.92 Å². The number of hydrogen-bond acceptors (Lipinski definition) is 3. The summed E-state index contributed by atoms with van der Waals surface area (Å²) in [6.07, 6.45) is -0.527. The predicted octanol–water partition coefficient (Wildman–Crippen LogP) is 2.66. The van der Waals surface area contributed by atoms with Crippen molar-refractivity contribution < 1.29 is 14.3 Å². The van der Waals surface area contributed by atoms with E-state index in [1.807, 2.05) is 30.3 Å². The minimum atomic E-state index is -0.527. The Morgan fingerprint density at radius 3 is 2.47 bits per heavy atom. The van der Waals surface area contributed by atoms with Crippen LogP contribution in [0.2, 0.25) is 0 Å². The molecule has 0 fully saturated rings. The minimum Gasteiger partial charge on any atom is -0.435 e. The van der Waals surface area contributed by atoms with E-state index in [4.69, 9.17) is 9.47 Å². The zero-order chi connectivity index (χ0) is 11.3. The molecule has 0 N–H and O–H groups in total. The van der Waals surface area contributed by atoms with E-state index in [1.165, 1.54) is 7.11 Å². The first-order chi connectivity index (χ1) is 7.15. The molecule has 1 aromatic carbocycles. The highest BCUT2D eigenvalue weighted by atomic mass is 79.9. The Balaban J connectivity index is 2.61. The molecule has 0 bridgehead atoms. The average molecular weight is 273 g/mol. The van der Waals surface area contributed by atoms with Gasteiger partial charge in [-0.2, -0.15) is 0 Å².